The van der Waals surface area contributed by atoms with E-state index in [4.69, 9.17) is 0 Å². The molecule has 0 aliphatic carbocycles. The molecule has 1 aromatic rings. The number of piperazine rings is 1. The Bertz CT molecular complexity index is 473. The number of carbonyl (C=O) groups is 2. The molecule has 0 unspecified atom stereocenters. The Kier molecular flexibility index (Phi) is 4.47. The van der Waals surface area contributed by atoms with Crippen LogP contribution in [-0.2, 0) is 9.59 Å². The molecule has 1 heterocycles. The van der Waals surface area contributed by atoms with Gasteiger partial charge in [0.15, 0.2) is 0 Å². The largest absolute Gasteiger partial charge is 0.353 e. The van der Waals surface area contributed by atoms with Gasteiger partial charge in [0.05, 0.1) is 11.8 Å². The summed E-state index contributed by atoms with van der Waals surface area (Å²) in [6, 6.07) is 8.11. The van der Waals surface area contributed by atoms with E-state index in [9.17, 15) is 9.59 Å². The van der Waals surface area contributed by atoms with E-state index in [0.717, 1.165) is 4.90 Å². The van der Waals surface area contributed by atoms with Crippen LogP contribution in [-0.4, -0.2) is 41.6 Å². The lowest BCUT2D eigenvalue weighted by Crippen LogP contribution is -2.51. The van der Waals surface area contributed by atoms with Crippen LogP contribution >= 0.6 is 11.8 Å². The average Bonchev–Trinajstić information content (AvgIpc) is 2.40. The zero-order valence-electron chi connectivity index (χ0n) is 11.2. The van der Waals surface area contributed by atoms with Gasteiger partial charge in [0.1, 0.15) is 0 Å². The SMILES string of the molecule is Cc1ccc(S[C@H](C)C(=O)N2CCNC(=O)C2)cc1. The monoisotopic (exact) mass is 278 g/mol. The molecule has 1 fully saturated rings. The van der Waals surface area contributed by atoms with E-state index < -0.39 is 0 Å². The molecule has 1 aliphatic heterocycles. The number of carbonyl (C=O) groups excluding carboxylic acids is 2. The molecule has 1 atom stereocenters. The quantitative estimate of drug-likeness (QED) is 0.851. The second-order valence-electron chi connectivity index (χ2n) is 4.68. The highest BCUT2D eigenvalue weighted by Crippen LogP contribution is 2.24. The standard InChI is InChI=1S/C14H18N2O2S/c1-10-3-5-12(6-4-10)19-11(2)14(18)16-8-7-15-13(17)9-16/h3-6,11H,7-9H2,1-2H3,(H,15,17)/t11-/m1/s1. The van der Waals surface area contributed by atoms with Crippen molar-refractivity contribution in [2.24, 2.45) is 0 Å². The third-order valence-corrected chi connectivity index (χ3v) is 4.13. The second kappa shape index (κ2) is 6.10. The van der Waals surface area contributed by atoms with Crippen LogP contribution in [0.5, 0.6) is 0 Å². The van der Waals surface area contributed by atoms with Crippen LogP contribution in [0, 0.1) is 6.92 Å². The molecule has 1 aliphatic rings. The van der Waals surface area contributed by atoms with Crippen molar-refractivity contribution in [2.75, 3.05) is 19.6 Å². The summed E-state index contributed by atoms with van der Waals surface area (Å²) >= 11 is 1.53. The number of thioether (sulfide) groups is 1. The molecule has 4 nitrogen and oxygen atoms in total. The number of hydrogen-bond donors (Lipinski definition) is 1. The summed E-state index contributed by atoms with van der Waals surface area (Å²) in [6.07, 6.45) is 0. The Balaban J connectivity index is 1.95. The Morgan fingerprint density at radius 1 is 1.37 bits per heavy atom. The van der Waals surface area contributed by atoms with E-state index in [-0.39, 0.29) is 23.6 Å². The van der Waals surface area contributed by atoms with E-state index in [1.807, 2.05) is 38.1 Å². The van der Waals surface area contributed by atoms with Crippen molar-refractivity contribution >= 4 is 23.6 Å². The molecular formula is C14H18N2O2S. The summed E-state index contributed by atoms with van der Waals surface area (Å²) in [5, 5.41) is 2.55. The van der Waals surface area contributed by atoms with Gasteiger partial charge in [-0.1, -0.05) is 17.7 Å². The fourth-order valence-corrected chi connectivity index (χ4v) is 2.91. The van der Waals surface area contributed by atoms with Crippen LogP contribution in [0.3, 0.4) is 0 Å². The van der Waals surface area contributed by atoms with Crippen LogP contribution in [0.2, 0.25) is 0 Å². The summed E-state index contributed by atoms with van der Waals surface area (Å²) in [5.74, 6) is -0.0486. The molecule has 1 N–H and O–H groups in total. The maximum absolute atomic E-state index is 12.2. The zero-order chi connectivity index (χ0) is 13.8. The lowest BCUT2D eigenvalue weighted by atomic mass is 10.2. The van der Waals surface area contributed by atoms with Gasteiger partial charge in [-0.2, -0.15) is 0 Å². The van der Waals surface area contributed by atoms with E-state index >= 15 is 0 Å². The number of nitrogens with one attached hydrogen (secondary N) is 1. The van der Waals surface area contributed by atoms with Gasteiger partial charge in [-0.05, 0) is 26.0 Å². The van der Waals surface area contributed by atoms with Gasteiger partial charge in [0.2, 0.25) is 11.8 Å². The van der Waals surface area contributed by atoms with E-state index in [1.54, 1.807) is 4.90 Å². The minimum absolute atomic E-state index is 0.0282. The van der Waals surface area contributed by atoms with Crippen molar-refractivity contribution in [3.8, 4) is 0 Å². The minimum Gasteiger partial charge on any atom is -0.353 e. The number of benzene rings is 1. The molecule has 5 heteroatoms. The smallest absolute Gasteiger partial charge is 0.239 e. The fourth-order valence-electron chi connectivity index (χ4n) is 1.96. The molecule has 1 saturated heterocycles. The lowest BCUT2D eigenvalue weighted by molar-refractivity contribution is -0.137. The fraction of sp³-hybridized carbons (Fsp3) is 0.429. The molecule has 102 valence electrons. The minimum atomic E-state index is -0.173. The van der Waals surface area contributed by atoms with Crippen molar-refractivity contribution in [1.29, 1.82) is 0 Å². The first-order valence-corrected chi connectivity index (χ1v) is 7.23. The maximum Gasteiger partial charge on any atom is 0.239 e. The molecule has 0 radical (unpaired) electrons. The molecule has 2 amide bonds. The van der Waals surface area contributed by atoms with Gasteiger partial charge in [0.25, 0.3) is 0 Å². The van der Waals surface area contributed by atoms with E-state index in [0.29, 0.717) is 13.1 Å². The number of hydrogen-bond acceptors (Lipinski definition) is 3. The highest BCUT2D eigenvalue weighted by atomic mass is 32.2. The van der Waals surface area contributed by atoms with Crippen LogP contribution in [0.25, 0.3) is 0 Å². The molecule has 0 bridgehead atoms. The molecule has 2 rings (SSSR count). The van der Waals surface area contributed by atoms with Gasteiger partial charge < -0.3 is 10.2 Å². The summed E-state index contributed by atoms with van der Waals surface area (Å²) in [5.41, 5.74) is 1.20. The normalized spacial score (nSPS) is 16.9. The molecule has 19 heavy (non-hydrogen) atoms. The maximum atomic E-state index is 12.2. The highest BCUT2D eigenvalue weighted by molar-refractivity contribution is 8.00. The summed E-state index contributed by atoms with van der Waals surface area (Å²) in [4.78, 5) is 26.2. The number of amides is 2. The molecular weight excluding hydrogens is 260 g/mol. The van der Waals surface area contributed by atoms with Gasteiger partial charge in [-0.15, -0.1) is 11.8 Å². The van der Waals surface area contributed by atoms with Gasteiger partial charge in [-0.3, -0.25) is 9.59 Å². The average molecular weight is 278 g/mol. The third-order valence-electron chi connectivity index (χ3n) is 3.03. The van der Waals surface area contributed by atoms with Gasteiger partial charge >= 0.3 is 0 Å². The predicted octanol–water partition coefficient (Wildman–Crippen LogP) is 1.43. The summed E-state index contributed by atoms with van der Waals surface area (Å²) < 4.78 is 0. The third kappa shape index (κ3) is 3.73. The molecule has 0 spiro atoms. The van der Waals surface area contributed by atoms with Crippen molar-refractivity contribution in [3.63, 3.8) is 0 Å². The first-order chi connectivity index (χ1) is 9.06. The second-order valence-corrected chi connectivity index (χ2v) is 6.10. The van der Waals surface area contributed by atoms with Crippen LogP contribution in [0.4, 0.5) is 0 Å². The van der Waals surface area contributed by atoms with Crippen LogP contribution < -0.4 is 5.32 Å². The highest BCUT2D eigenvalue weighted by Gasteiger charge is 2.25. The molecule has 1 aromatic carbocycles. The van der Waals surface area contributed by atoms with Gasteiger partial charge in [0, 0.05) is 18.0 Å². The van der Waals surface area contributed by atoms with Gasteiger partial charge in [-0.25, -0.2) is 0 Å². The van der Waals surface area contributed by atoms with Crippen molar-refractivity contribution in [3.05, 3.63) is 29.8 Å². The number of aryl methyl sites for hydroxylation is 1. The van der Waals surface area contributed by atoms with Crippen molar-refractivity contribution < 1.29 is 9.59 Å². The number of rotatable bonds is 3. The Hall–Kier alpha value is -1.49. The van der Waals surface area contributed by atoms with Crippen LogP contribution in [0.1, 0.15) is 12.5 Å². The topological polar surface area (TPSA) is 49.4 Å². The zero-order valence-corrected chi connectivity index (χ0v) is 12.0. The summed E-state index contributed by atoms with van der Waals surface area (Å²) in [7, 11) is 0. The number of nitrogens with zero attached hydrogens (tertiary/aromatic N) is 1. The van der Waals surface area contributed by atoms with Crippen molar-refractivity contribution in [1.82, 2.24) is 10.2 Å². The van der Waals surface area contributed by atoms with E-state index in [1.165, 1.54) is 17.3 Å². The molecule has 0 saturated carbocycles. The Labute approximate surface area is 117 Å². The molecule has 0 aromatic heterocycles. The summed E-state index contributed by atoms with van der Waals surface area (Å²) in [6.45, 7) is 5.25. The Morgan fingerprint density at radius 3 is 2.68 bits per heavy atom. The van der Waals surface area contributed by atoms with Crippen LogP contribution in [0.15, 0.2) is 29.2 Å². The predicted molar refractivity (Wildman–Crippen MR) is 76.1 cm³/mol. The Morgan fingerprint density at radius 2 is 2.05 bits per heavy atom. The lowest BCUT2D eigenvalue weighted by Gasteiger charge is -2.28. The van der Waals surface area contributed by atoms with E-state index in [2.05, 4.69) is 5.32 Å². The first kappa shape index (κ1) is 13.9. The first-order valence-electron chi connectivity index (χ1n) is 6.35. The van der Waals surface area contributed by atoms with Crippen molar-refractivity contribution in [2.45, 2.75) is 24.0 Å².